The van der Waals surface area contributed by atoms with Crippen molar-refractivity contribution in [1.82, 2.24) is 19.8 Å². The SMILES string of the molecule is CCNCCc1cn(CC(=O)N(C)CC)cn1. The smallest absolute Gasteiger partial charge is 0.242 e. The maximum absolute atomic E-state index is 11.7. The number of rotatable bonds is 7. The Balaban J connectivity index is 2.42. The van der Waals surface area contributed by atoms with Crippen LogP contribution in [-0.2, 0) is 17.8 Å². The van der Waals surface area contributed by atoms with E-state index in [9.17, 15) is 4.79 Å². The minimum atomic E-state index is 0.114. The van der Waals surface area contributed by atoms with Crippen molar-refractivity contribution >= 4 is 5.91 Å². The summed E-state index contributed by atoms with van der Waals surface area (Å²) in [6.45, 7) is 7.06. The Hall–Kier alpha value is -1.36. The van der Waals surface area contributed by atoms with Crippen molar-refractivity contribution in [3.05, 3.63) is 18.2 Å². The molecule has 96 valence electrons. The van der Waals surface area contributed by atoms with Crippen LogP contribution in [0.2, 0.25) is 0 Å². The van der Waals surface area contributed by atoms with Crippen LogP contribution in [0.25, 0.3) is 0 Å². The number of likely N-dealkylation sites (N-methyl/N-ethyl adjacent to an activating group) is 2. The molecule has 1 aromatic heterocycles. The molecule has 0 bridgehead atoms. The summed E-state index contributed by atoms with van der Waals surface area (Å²) in [7, 11) is 1.81. The van der Waals surface area contributed by atoms with Crippen molar-refractivity contribution in [2.45, 2.75) is 26.8 Å². The van der Waals surface area contributed by atoms with Gasteiger partial charge in [0, 0.05) is 32.8 Å². The summed E-state index contributed by atoms with van der Waals surface area (Å²) in [5.74, 6) is 0.114. The topological polar surface area (TPSA) is 50.2 Å². The largest absolute Gasteiger partial charge is 0.344 e. The van der Waals surface area contributed by atoms with Gasteiger partial charge in [-0.05, 0) is 13.5 Å². The van der Waals surface area contributed by atoms with Crippen molar-refractivity contribution < 1.29 is 4.79 Å². The highest BCUT2D eigenvalue weighted by Crippen LogP contribution is 1.98. The van der Waals surface area contributed by atoms with E-state index < -0.39 is 0 Å². The average molecular weight is 238 g/mol. The third-order valence-corrected chi connectivity index (χ3v) is 2.71. The fraction of sp³-hybridized carbons (Fsp3) is 0.667. The molecule has 0 aromatic carbocycles. The van der Waals surface area contributed by atoms with Crippen molar-refractivity contribution in [3.8, 4) is 0 Å². The predicted octanol–water partition coefficient (Wildman–Crippen LogP) is 0.513. The lowest BCUT2D eigenvalue weighted by Gasteiger charge is -2.14. The van der Waals surface area contributed by atoms with Gasteiger partial charge in [0.2, 0.25) is 5.91 Å². The molecule has 0 saturated carbocycles. The third kappa shape index (κ3) is 4.56. The summed E-state index contributed by atoms with van der Waals surface area (Å²) in [5.41, 5.74) is 1.03. The summed E-state index contributed by atoms with van der Waals surface area (Å²) in [4.78, 5) is 17.7. The Kier molecular flexibility index (Phi) is 5.69. The number of nitrogens with one attached hydrogen (secondary N) is 1. The van der Waals surface area contributed by atoms with Crippen molar-refractivity contribution in [3.63, 3.8) is 0 Å². The lowest BCUT2D eigenvalue weighted by molar-refractivity contribution is -0.130. The number of amides is 1. The van der Waals surface area contributed by atoms with Gasteiger partial charge in [0.15, 0.2) is 0 Å². The van der Waals surface area contributed by atoms with E-state index in [1.54, 1.807) is 11.2 Å². The fourth-order valence-electron chi connectivity index (χ4n) is 1.47. The van der Waals surface area contributed by atoms with E-state index in [0.717, 1.165) is 31.7 Å². The van der Waals surface area contributed by atoms with Gasteiger partial charge >= 0.3 is 0 Å². The molecule has 0 fully saturated rings. The van der Waals surface area contributed by atoms with Crippen LogP contribution in [0.1, 0.15) is 19.5 Å². The second-order valence-corrected chi connectivity index (χ2v) is 4.05. The molecule has 0 aliphatic rings. The molecule has 5 heteroatoms. The van der Waals surface area contributed by atoms with Crippen LogP contribution in [0.3, 0.4) is 0 Å². The van der Waals surface area contributed by atoms with Crippen LogP contribution in [0.4, 0.5) is 0 Å². The van der Waals surface area contributed by atoms with Gasteiger partial charge in [-0.3, -0.25) is 4.79 Å². The maximum Gasteiger partial charge on any atom is 0.242 e. The number of hydrogen-bond donors (Lipinski definition) is 1. The lowest BCUT2D eigenvalue weighted by atomic mass is 10.3. The molecular formula is C12H22N4O. The van der Waals surface area contributed by atoms with Crippen molar-refractivity contribution in [1.29, 1.82) is 0 Å². The number of imidazole rings is 1. The Labute approximate surface area is 103 Å². The molecule has 0 aliphatic heterocycles. The quantitative estimate of drug-likeness (QED) is 0.704. The Morgan fingerprint density at radius 2 is 2.29 bits per heavy atom. The summed E-state index contributed by atoms with van der Waals surface area (Å²) < 4.78 is 1.84. The van der Waals surface area contributed by atoms with Crippen molar-refractivity contribution in [2.24, 2.45) is 0 Å². The first-order valence-electron chi connectivity index (χ1n) is 6.12. The molecular weight excluding hydrogens is 216 g/mol. The second-order valence-electron chi connectivity index (χ2n) is 4.05. The lowest BCUT2D eigenvalue weighted by Crippen LogP contribution is -2.29. The van der Waals surface area contributed by atoms with Crippen LogP contribution in [0.15, 0.2) is 12.5 Å². The third-order valence-electron chi connectivity index (χ3n) is 2.71. The first kappa shape index (κ1) is 13.7. The number of hydrogen-bond acceptors (Lipinski definition) is 3. The van der Waals surface area contributed by atoms with Gasteiger partial charge in [-0.1, -0.05) is 6.92 Å². The number of carbonyl (C=O) groups excluding carboxylic acids is 1. The highest BCUT2D eigenvalue weighted by atomic mass is 16.2. The average Bonchev–Trinajstić information content (AvgIpc) is 2.76. The fourth-order valence-corrected chi connectivity index (χ4v) is 1.47. The van der Waals surface area contributed by atoms with E-state index in [-0.39, 0.29) is 5.91 Å². The first-order valence-corrected chi connectivity index (χ1v) is 6.12. The van der Waals surface area contributed by atoms with Gasteiger partial charge < -0.3 is 14.8 Å². The molecule has 1 amide bonds. The summed E-state index contributed by atoms with van der Waals surface area (Å²) >= 11 is 0. The van der Waals surface area contributed by atoms with E-state index >= 15 is 0 Å². The normalized spacial score (nSPS) is 10.5. The van der Waals surface area contributed by atoms with E-state index in [2.05, 4.69) is 17.2 Å². The van der Waals surface area contributed by atoms with Crippen LogP contribution >= 0.6 is 0 Å². The zero-order valence-corrected chi connectivity index (χ0v) is 10.9. The molecule has 0 spiro atoms. The van der Waals surface area contributed by atoms with Crippen LogP contribution in [-0.4, -0.2) is 47.0 Å². The minimum absolute atomic E-state index is 0.114. The predicted molar refractivity (Wildman–Crippen MR) is 67.8 cm³/mol. The zero-order chi connectivity index (χ0) is 12.7. The molecule has 0 atom stereocenters. The van der Waals surface area contributed by atoms with Crippen molar-refractivity contribution in [2.75, 3.05) is 26.7 Å². The van der Waals surface area contributed by atoms with Gasteiger partial charge in [0.05, 0.1) is 12.0 Å². The van der Waals surface area contributed by atoms with E-state index in [1.165, 1.54) is 0 Å². The number of carbonyl (C=O) groups is 1. The monoisotopic (exact) mass is 238 g/mol. The molecule has 1 N–H and O–H groups in total. The highest BCUT2D eigenvalue weighted by molar-refractivity contribution is 5.75. The highest BCUT2D eigenvalue weighted by Gasteiger charge is 2.07. The van der Waals surface area contributed by atoms with Gasteiger partial charge in [0.1, 0.15) is 6.54 Å². The summed E-state index contributed by atoms with van der Waals surface area (Å²) in [6, 6.07) is 0. The second kappa shape index (κ2) is 7.06. The molecule has 5 nitrogen and oxygen atoms in total. The van der Waals surface area contributed by atoms with E-state index in [0.29, 0.717) is 6.54 Å². The van der Waals surface area contributed by atoms with Gasteiger partial charge in [-0.15, -0.1) is 0 Å². The minimum Gasteiger partial charge on any atom is -0.344 e. The Bertz CT molecular complexity index is 348. The Morgan fingerprint density at radius 1 is 1.53 bits per heavy atom. The zero-order valence-electron chi connectivity index (χ0n) is 10.9. The molecule has 17 heavy (non-hydrogen) atoms. The van der Waals surface area contributed by atoms with Gasteiger partial charge in [-0.2, -0.15) is 0 Å². The molecule has 0 radical (unpaired) electrons. The van der Waals surface area contributed by atoms with Crippen LogP contribution in [0, 0.1) is 0 Å². The maximum atomic E-state index is 11.7. The summed E-state index contributed by atoms with van der Waals surface area (Å²) in [6.07, 6.45) is 4.57. The number of nitrogens with zero attached hydrogens (tertiary/aromatic N) is 3. The Morgan fingerprint density at radius 3 is 2.94 bits per heavy atom. The summed E-state index contributed by atoms with van der Waals surface area (Å²) in [5, 5.41) is 3.25. The van der Waals surface area contributed by atoms with Crippen LogP contribution < -0.4 is 5.32 Å². The molecule has 1 rings (SSSR count). The molecule has 0 aliphatic carbocycles. The standard InChI is InChI=1S/C12H22N4O/c1-4-13-7-6-11-8-16(10-14-11)9-12(17)15(3)5-2/h8,10,13H,4-7,9H2,1-3H3. The van der Waals surface area contributed by atoms with Gasteiger partial charge in [-0.25, -0.2) is 4.98 Å². The first-order chi connectivity index (χ1) is 8.17. The van der Waals surface area contributed by atoms with Gasteiger partial charge in [0.25, 0.3) is 0 Å². The molecule has 1 aromatic rings. The molecule has 0 unspecified atom stereocenters. The van der Waals surface area contributed by atoms with E-state index in [1.807, 2.05) is 24.7 Å². The molecule has 0 saturated heterocycles. The van der Waals surface area contributed by atoms with E-state index in [4.69, 9.17) is 0 Å². The number of aromatic nitrogens is 2. The van der Waals surface area contributed by atoms with Crippen LogP contribution in [0.5, 0.6) is 0 Å². The molecule has 1 heterocycles.